The van der Waals surface area contributed by atoms with Gasteiger partial charge in [-0.1, -0.05) is 26.0 Å². The van der Waals surface area contributed by atoms with Crippen LogP contribution in [0.1, 0.15) is 67.2 Å². The van der Waals surface area contributed by atoms with Crippen LogP contribution in [-0.2, 0) is 0 Å². The van der Waals surface area contributed by atoms with Crippen molar-refractivity contribution >= 4 is 16.8 Å². The van der Waals surface area contributed by atoms with Crippen LogP contribution in [0.4, 0.5) is 0 Å². The number of Topliss-reactive ketones (excluding diaryl/α,β-unsaturated/α-hetero) is 1. The summed E-state index contributed by atoms with van der Waals surface area (Å²) >= 11 is 0. The van der Waals surface area contributed by atoms with E-state index in [-0.39, 0.29) is 11.7 Å². The van der Waals surface area contributed by atoms with E-state index in [0.717, 1.165) is 29.1 Å². The molecule has 1 fully saturated rings. The van der Waals surface area contributed by atoms with Gasteiger partial charge in [-0.3, -0.25) is 9.36 Å². The van der Waals surface area contributed by atoms with Gasteiger partial charge in [0.25, 0.3) is 0 Å². The zero-order valence-corrected chi connectivity index (χ0v) is 17.3. The van der Waals surface area contributed by atoms with E-state index < -0.39 is 0 Å². The molecule has 0 N–H and O–H groups in total. The Bertz CT molecular complexity index is 1020. The fraction of sp³-hybridized carbons (Fsp3) is 0.417. The van der Waals surface area contributed by atoms with E-state index in [0.29, 0.717) is 11.5 Å². The molecule has 4 nitrogen and oxygen atoms in total. The fourth-order valence-electron chi connectivity index (χ4n) is 4.33. The number of ketones is 1. The maximum atomic E-state index is 11.8. The van der Waals surface area contributed by atoms with E-state index in [1.54, 1.807) is 6.92 Å². The molecule has 1 atom stereocenters. The molecular formula is C24H29N3O. The van der Waals surface area contributed by atoms with E-state index in [1.165, 1.54) is 24.9 Å². The SMILES string of the molecule is CC(=O)c1ccc2c(c1)nc(C(C)C)n2-c1cccc(C2CCCN(C)C2)c1. The van der Waals surface area contributed by atoms with Crippen molar-refractivity contribution in [3.8, 4) is 5.69 Å². The number of benzene rings is 2. The number of carbonyl (C=O) groups excluding carboxylic acids is 1. The highest BCUT2D eigenvalue weighted by molar-refractivity contribution is 5.97. The second-order valence-electron chi connectivity index (χ2n) is 8.42. The fourth-order valence-corrected chi connectivity index (χ4v) is 4.33. The summed E-state index contributed by atoms with van der Waals surface area (Å²) in [6.45, 7) is 8.25. The molecule has 0 saturated carbocycles. The van der Waals surface area contributed by atoms with Crippen molar-refractivity contribution in [3.05, 3.63) is 59.4 Å². The Balaban J connectivity index is 1.83. The third-order valence-electron chi connectivity index (χ3n) is 5.83. The molecule has 1 saturated heterocycles. The molecule has 0 spiro atoms. The predicted molar refractivity (Wildman–Crippen MR) is 115 cm³/mol. The molecule has 0 amide bonds. The number of nitrogens with zero attached hydrogens (tertiary/aromatic N) is 3. The van der Waals surface area contributed by atoms with Crippen molar-refractivity contribution in [2.24, 2.45) is 0 Å². The van der Waals surface area contributed by atoms with Gasteiger partial charge in [0.1, 0.15) is 5.82 Å². The summed E-state index contributed by atoms with van der Waals surface area (Å²) < 4.78 is 2.26. The standard InChI is InChI=1S/C24H29N3O/c1-16(2)24-25-22-14-18(17(3)28)10-11-23(22)27(24)21-9-5-7-19(13-21)20-8-6-12-26(4)15-20/h5,7,9-11,13-14,16,20H,6,8,12,15H2,1-4H3. The number of rotatable bonds is 4. The van der Waals surface area contributed by atoms with Crippen LogP contribution < -0.4 is 0 Å². The minimum atomic E-state index is 0.0750. The van der Waals surface area contributed by atoms with E-state index in [2.05, 4.69) is 54.6 Å². The number of hydrogen-bond acceptors (Lipinski definition) is 3. The van der Waals surface area contributed by atoms with E-state index in [4.69, 9.17) is 4.98 Å². The Morgan fingerprint density at radius 1 is 1.18 bits per heavy atom. The molecule has 146 valence electrons. The number of likely N-dealkylation sites (N-methyl/N-ethyl adjacent to an activating group) is 1. The number of likely N-dealkylation sites (tertiary alicyclic amines) is 1. The number of fused-ring (bicyclic) bond motifs is 1. The molecular weight excluding hydrogens is 346 g/mol. The van der Waals surface area contributed by atoms with Crippen molar-refractivity contribution in [1.82, 2.24) is 14.5 Å². The molecule has 28 heavy (non-hydrogen) atoms. The summed E-state index contributed by atoms with van der Waals surface area (Å²) in [6.07, 6.45) is 2.50. The Morgan fingerprint density at radius 2 is 2.00 bits per heavy atom. The van der Waals surface area contributed by atoms with Crippen molar-refractivity contribution in [1.29, 1.82) is 0 Å². The van der Waals surface area contributed by atoms with Gasteiger partial charge in [-0.05, 0) is 75.2 Å². The highest BCUT2D eigenvalue weighted by Crippen LogP contribution is 2.31. The maximum absolute atomic E-state index is 11.8. The molecule has 1 aliphatic heterocycles. The third kappa shape index (κ3) is 3.49. The first-order valence-corrected chi connectivity index (χ1v) is 10.3. The molecule has 4 heteroatoms. The van der Waals surface area contributed by atoms with Crippen LogP contribution in [0, 0.1) is 0 Å². The summed E-state index contributed by atoms with van der Waals surface area (Å²) in [7, 11) is 2.21. The van der Waals surface area contributed by atoms with Crippen molar-refractivity contribution in [2.45, 2.75) is 45.4 Å². The molecule has 1 aromatic heterocycles. The molecule has 0 radical (unpaired) electrons. The van der Waals surface area contributed by atoms with Crippen molar-refractivity contribution in [3.63, 3.8) is 0 Å². The maximum Gasteiger partial charge on any atom is 0.159 e. The average Bonchev–Trinajstić information content (AvgIpc) is 3.07. The van der Waals surface area contributed by atoms with E-state index >= 15 is 0 Å². The van der Waals surface area contributed by atoms with Gasteiger partial charge in [-0.15, -0.1) is 0 Å². The van der Waals surface area contributed by atoms with Gasteiger partial charge in [-0.25, -0.2) is 4.98 Å². The lowest BCUT2D eigenvalue weighted by atomic mass is 9.90. The summed E-state index contributed by atoms with van der Waals surface area (Å²) in [4.78, 5) is 19.1. The Labute approximate surface area is 167 Å². The second kappa shape index (κ2) is 7.51. The molecule has 1 aliphatic rings. The largest absolute Gasteiger partial charge is 0.306 e. The predicted octanol–water partition coefficient (Wildman–Crippen LogP) is 5.16. The minimum Gasteiger partial charge on any atom is -0.306 e. The first-order chi connectivity index (χ1) is 13.4. The third-order valence-corrected chi connectivity index (χ3v) is 5.83. The first kappa shape index (κ1) is 18.9. The summed E-state index contributed by atoms with van der Waals surface area (Å²) in [5, 5.41) is 0. The quantitative estimate of drug-likeness (QED) is 0.591. The topological polar surface area (TPSA) is 38.1 Å². The lowest BCUT2D eigenvalue weighted by Gasteiger charge is -2.30. The van der Waals surface area contributed by atoms with Crippen LogP contribution in [0.15, 0.2) is 42.5 Å². The van der Waals surface area contributed by atoms with Gasteiger partial charge in [0.05, 0.1) is 11.0 Å². The lowest BCUT2D eigenvalue weighted by Crippen LogP contribution is -2.30. The minimum absolute atomic E-state index is 0.0750. The molecule has 3 aromatic rings. The smallest absolute Gasteiger partial charge is 0.159 e. The number of imidazole rings is 1. The van der Waals surface area contributed by atoms with Crippen LogP contribution in [-0.4, -0.2) is 40.4 Å². The zero-order chi connectivity index (χ0) is 19.8. The van der Waals surface area contributed by atoms with E-state index in [9.17, 15) is 4.79 Å². The van der Waals surface area contributed by atoms with Gasteiger partial charge < -0.3 is 4.90 Å². The zero-order valence-electron chi connectivity index (χ0n) is 17.3. The monoisotopic (exact) mass is 375 g/mol. The Morgan fingerprint density at radius 3 is 2.71 bits per heavy atom. The van der Waals surface area contributed by atoms with Gasteiger partial charge >= 0.3 is 0 Å². The molecule has 2 aromatic carbocycles. The summed E-state index contributed by atoms with van der Waals surface area (Å²) in [5.74, 6) is 1.98. The number of aromatic nitrogens is 2. The lowest BCUT2D eigenvalue weighted by molar-refractivity contribution is 0.101. The van der Waals surface area contributed by atoms with Crippen LogP contribution in [0.3, 0.4) is 0 Å². The van der Waals surface area contributed by atoms with Crippen LogP contribution in [0.25, 0.3) is 16.7 Å². The summed E-state index contributed by atoms with van der Waals surface area (Å²) in [5.41, 5.74) is 5.23. The van der Waals surface area contributed by atoms with Crippen LogP contribution in [0.2, 0.25) is 0 Å². The number of hydrogen-bond donors (Lipinski definition) is 0. The Hall–Kier alpha value is -2.46. The van der Waals surface area contributed by atoms with Crippen molar-refractivity contribution in [2.75, 3.05) is 20.1 Å². The number of piperidine rings is 1. The van der Waals surface area contributed by atoms with Crippen LogP contribution >= 0.6 is 0 Å². The second-order valence-corrected chi connectivity index (χ2v) is 8.42. The normalized spacial score (nSPS) is 18.1. The average molecular weight is 376 g/mol. The molecule has 1 unspecified atom stereocenters. The van der Waals surface area contributed by atoms with Gasteiger partial charge in [-0.2, -0.15) is 0 Å². The highest BCUT2D eigenvalue weighted by Gasteiger charge is 2.21. The molecule has 2 heterocycles. The number of carbonyl (C=O) groups is 1. The van der Waals surface area contributed by atoms with Gasteiger partial charge in [0, 0.05) is 23.7 Å². The van der Waals surface area contributed by atoms with Crippen molar-refractivity contribution < 1.29 is 4.79 Å². The molecule has 4 rings (SSSR count). The summed E-state index contributed by atoms with van der Waals surface area (Å²) in [6, 6.07) is 14.8. The van der Waals surface area contributed by atoms with Gasteiger partial charge in [0.2, 0.25) is 0 Å². The molecule has 0 aliphatic carbocycles. The highest BCUT2D eigenvalue weighted by atomic mass is 16.1. The first-order valence-electron chi connectivity index (χ1n) is 10.3. The molecule has 0 bridgehead atoms. The Kier molecular flexibility index (Phi) is 5.07. The van der Waals surface area contributed by atoms with Crippen LogP contribution in [0.5, 0.6) is 0 Å². The van der Waals surface area contributed by atoms with Gasteiger partial charge in [0.15, 0.2) is 5.78 Å². The van der Waals surface area contributed by atoms with E-state index in [1.807, 2.05) is 18.2 Å².